The molecule has 0 unspecified atom stereocenters. The molecular weight excluding hydrogens is 108 g/mol. The first-order valence-corrected chi connectivity index (χ1v) is 1.85. The molecule has 0 spiro atoms. The third-order valence-electron chi connectivity index (χ3n) is 0.566. The van der Waals surface area contributed by atoms with Crippen molar-refractivity contribution in [2.75, 3.05) is 0 Å². The summed E-state index contributed by atoms with van der Waals surface area (Å²) in [6.07, 6.45) is 3.50. The van der Waals surface area contributed by atoms with Crippen LogP contribution in [0.4, 0.5) is 0 Å². The van der Waals surface area contributed by atoms with Crippen molar-refractivity contribution in [1.29, 1.82) is 0 Å². The first kappa shape index (κ1) is 11.1. The van der Waals surface area contributed by atoms with E-state index < -0.39 is 0 Å². The van der Waals surface area contributed by atoms with Crippen LogP contribution in [0.5, 0.6) is 0 Å². The minimum Gasteiger partial charge on any atom is -0.265 e. The molecule has 0 saturated heterocycles. The van der Waals surface area contributed by atoms with Gasteiger partial charge in [-0.05, 0) is 12.1 Å². The van der Waals surface area contributed by atoms with Crippen LogP contribution in [0.15, 0.2) is 30.6 Å². The van der Waals surface area contributed by atoms with Gasteiger partial charge in [-0.15, -0.1) is 0 Å². The SMILES string of the molecule is [B].[Na].c1ccncc1. The van der Waals surface area contributed by atoms with Gasteiger partial charge in [-0.1, -0.05) is 6.07 Å². The van der Waals surface area contributed by atoms with Gasteiger partial charge in [0, 0.05) is 50.4 Å². The maximum Gasteiger partial charge on any atom is 0.0267 e. The number of nitrogens with zero attached hydrogens (tertiary/aromatic N) is 1. The van der Waals surface area contributed by atoms with E-state index in [4.69, 9.17) is 0 Å². The van der Waals surface area contributed by atoms with Crippen LogP contribution in [-0.4, -0.2) is 43.0 Å². The average Bonchev–Trinajstić information content (AvgIpc) is 1.72. The van der Waals surface area contributed by atoms with E-state index in [0.717, 1.165) is 0 Å². The predicted octanol–water partition coefficient (Wildman–Crippen LogP) is 0.320. The summed E-state index contributed by atoms with van der Waals surface area (Å²) >= 11 is 0. The molecule has 0 aliphatic heterocycles. The Balaban J connectivity index is 0. The second-order valence-electron chi connectivity index (χ2n) is 1.02. The minimum atomic E-state index is 0. The molecule has 0 saturated carbocycles. The molecule has 3 heteroatoms. The van der Waals surface area contributed by atoms with Crippen LogP contribution in [0.1, 0.15) is 0 Å². The fraction of sp³-hybridized carbons (Fsp3) is 0. The largest absolute Gasteiger partial charge is 0.265 e. The van der Waals surface area contributed by atoms with Crippen molar-refractivity contribution < 1.29 is 0 Å². The fourth-order valence-electron chi connectivity index (χ4n) is 0.313. The maximum atomic E-state index is 3.78. The zero-order valence-corrected chi connectivity index (χ0v) is 6.91. The van der Waals surface area contributed by atoms with Crippen LogP contribution in [0.25, 0.3) is 0 Å². The Morgan fingerprint density at radius 3 is 1.50 bits per heavy atom. The van der Waals surface area contributed by atoms with Crippen molar-refractivity contribution >= 4 is 38.0 Å². The van der Waals surface area contributed by atoms with Crippen molar-refractivity contribution in [3.63, 3.8) is 0 Å². The molecule has 8 heavy (non-hydrogen) atoms. The Hall–Kier alpha value is 0.215. The first-order valence-electron chi connectivity index (χ1n) is 1.85. The molecule has 0 amide bonds. The van der Waals surface area contributed by atoms with E-state index in [9.17, 15) is 0 Å². The zero-order valence-electron chi connectivity index (χ0n) is 4.91. The number of pyridine rings is 1. The number of rotatable bonds is 0. The van der Waals surface area contributed by atoms with Crippen molar-refractivity contribution in [2.24, 2.45) is 0 Å². The van der Waals surface area contributed by atoms with Crippen molar-refractivity contribution in [3.05, 3.63) is 30.6 Å². The molecule has 0 bridgehead atoms. The molecule has 0 aliphatic carbocycles. The summed E-state index contributed by atoms with van der Waals surface area (Å²) < 4.78 is 0. The van der Waals surface area contributed by atoms with Crippen molar-refractivity contribution in [3.8, 4) is 0 Å². The Morgan fingerprint density at radius 2 is 1.38 bits per heavy atom. The van der Waals surface area contributed by atoms with Gasteiger partial charge in [0.05, 0.1) is 0 Å². The standard InChI is InChI=1S/C5H5N.B.Na/c1-2-4-6-5-3-1;;/h1-5H;;. The van der Waals surface area contributed by atoms with E-state index in [-0.39, 0.29) is 38.0 Å². The number of hydrogen-bond donors (Lipinski definition) is 0. The van der Waals surface area contributed by atoms with Gasteiger partial charge in [0.2, 0.25) is 0 Å². The third-order valence-corrected chi connectivity index (χ3v) is 0.566. The van der Waals surface area contributed by atoms with E-state index in [1.807, 2.05) is 18.2 Å². The minimum absolute atomic E-state index is 0. The summed E-state index contributed by atoms with van der Waals surface area (Å²) in [5, 5.41) is 0. The predicted molar refractivity (Wildman–Crippen MR) is 35.7 cm³/mol. The quantitative estimate of drug-likeness (QED) is 0.441. The molecule has 0 aliphatic rings. The average molecular weight is 113 g/mol. The van der Waals surface area contributed by atoms with Gasteiger partial charge in [0.15, 0.2) is 0 Å². The molecule has 4 radical (unpaired) electrons. The van der Waals surface area contributed by atoms with Crippen molar-refractivity contribution in [1.82, 2.24) is 4.98 Å². The summed E-state index contributed by atoms with van der Waals surface area (Å²) in [5.74, 6) is 0. The summed E-state index contributed by atoms with van der Waals surface area (Å²) in [6, 6.07) is 5.72. The summed E-state index contributed by atoms with van der Waals surface area (Å²) in [5.41, 5.74) is 0. The maximum absolute atomic E-state index is 3.78. The van der Waals surface area contributed by atoms with Gasteiger partial charge >= 0.3 is 0 Å². The molecule has 0 fully saturated rings. The molecule has 0 aromatic carbocycles. The van der Waals surface area contributed by atoms with Crippen LogP contribution in [0.3, 0.4) is 0 Å². The summed E-state index contributed by atoms with van der Waals surface area (Å²) in [4.78, 5) is 3.78. The second kappa shape index (κ2) is 7.21. The molecule has 1 aromatic heterocycles. The Morgan fingerprint density at radius 1 is 0.875 bits per heavy atom. The van der Waals surface area contributed by atoms with E-state index in [1.165, 1.54) is 0 Å². The van der Waals surface area contributed by atoms with Gasteiger partial charge < -0.3 is 0 Å². The first-order chi connectivity index (χ1) is 3.00. The molecule has 1 heterocycles. The van der Waals surface area contributed by atoms with Gasteiger partial charge in [-0.3, -0.25) is 4.98 Å². The van der Waals surface area contributed by atoms with Crippen LogP contribution in [-0.2, 0) is 0 Å². The molecule has 1 nitrogen and oxygen atoms in total. The van der Waals surface area contributed by atoms with E-state index in [2.05, 4.69) is 4.98 Å². The Bertz CT molecular complexity index is 84.4. The molecule has 0 atom stereocenters. The normalized spacial score (nSPS) is 6.00. The van der Waals surface area contributed by atoms with Gasteiger partial charge in [-0.2, -0.15) is 0 Å². The molecule has 1 rings (SSSR count). The molecule has 1 aromatic rings. The Kier molecular flexibility index (Phi) is 9.98. The Labute approximate surface area is 73.4 Å². The molecular formula is C5H5BNNa. The van der Waals surface area contributed by atoms with Crippen LogP contribution < -0.4 is 0 Å². The topological polar surface area (TPSA) is 12.9 Å². The monoisotopic (exact) mass is 113 g/mol. The fourth-order valence-corrected chi connectivity index (χ4v) is 0.313. The summed E-state index contributed by atoms with van der Waals surface area (Å²) in [7, 11) is 0. The summed E-state index contributed by atoms with van der Waals surface area (Å²) in [6.45, 7) is 0. The van der Waals surface area contributed by atoms with Gasteiger partial charge in [-0.25, -0.2) is 0 Å². The van der Waals surface area contributed by atoms with Gasteiger partial charge in [0.1, 0.15) is 0 Å². The van der Waals surface area contributed by atoms with E-state index in [0.29, 0.717) is 0 Å². The van der Waals surface area contributed by atoms with Gasteiger partial charge in [0.25, 0.3) is 0 Å². The van der Waals surface area contributed by atoms with E-state index in [1.54, 1.807) is 12.4 Å². The van der Waals surface area contributed by atoms with Crippen LogP contribution in [0, 0.1) is 0 Å². The van der Waals surface area contributed by atoms with Crippen LogP contribution in [0.2, 0.25) is 0 Å². The number of hydrogen-bond acceptors (Lipinski definition) is 1. The number of aromatic nitrogens is 1. The van der Waals surface area contributed by atoms with E-state index >= 15 is 0 Å². The second-order valence-corrected chi connectivity index (χ2v) is 1.02. The zero-order chi connectivity index (χ0) is 4.24. The third kappa shape index (κ3) is 4.38. The smallest absolute Gasteiger partial charge is 0.0267 e. The van der Waals surface area contributed by atoms with Crippen LogP contribution >= 0.6 is 0 Å². The molecule has 0 N–H and O–H groups in total. The van der Waals surface area contributed by atoms with Crippen molar-refractivity contribution in [2.45, 2.75) is 0 Å². The molecule has 34 valence electrons.